The van der Waals surface area contributed by atoms with Gasteiger partial charge in [-0.3, -0.25) is 10.1 Å². The third-order valence-corrected chi connectivity index (χ3v) is 4.46. The predicted molar refractivity (Wildman–Crippen MR) is 90.9 cm³/mol. The number of ether oxygens (including phenoxy) is 1. The number of anilines is 1. The molecule has 1 aliphatic rings. The van der Waals surface area contributed by atoms with Crippen molar-refractivity contribution in [3.8, 4) is 0 Å². The number of benzene rings is 1. The molecule has 7 nitrogen and oxygen atoms in total. The molecule has 132 valence electrons. The second-order valence-electron chi connectivity index (χ2n) is 5.61. The summed E-state index contributed by atoms with van der Waals surface area (Å²) in [5.74, 6) is -0.819. The molecule has 2 heterocycles. The van der Waals surface area contributed by atoms with Crippen LogP contribution in [0.4, 0.5) is 9.52 Å². The highest BCUT2D eigenvalue weighted by atomic mass is 32.1. The molecule has 0 aliphatic carbocycles. The molecular formula is C16H17FN4O3S. The number of nitrogens with one attached hydrogen (secondary N) is 1. The molecule has 1 aliphatic heterocycles. The molecule has 0 saturated carbocycles. The lowest BCUT2D eigenvalue weighted by molar-refractivity contribution is -0.135. The SMILES string of the molecule is CCOCc1nnc(NC(=O)[C@@]2(C)CC(c3ccccc3F)=NO2)s1. The molecule has 0 fully saturated rings. The Hall–Kier alpha value is -2.39. The zero-order valence-electron chi connectivity index (χ0n) is 13.8. The summed E-state index contributed by atoms with van der Waals surface area (Å²) in [5, 5.41) is 15.4. The number of aromatic nitrogens is 2. The van der Waals surface area contributed by atoms with Crippen molar-refractivity contribution >= 4 is 28.1 Å². The molecule has 1 aromatic carbocycles. The minimum Gasteiger partial charge on any atom is -0.379 e. The zero-order valence-corrected chi connectivity index (χ0v) is 14.6. The van der Waals surface area contributed by atoms with Crippen LogP contribution in [0, 0.1) is 5.82 Å². The van der Waals surface area contributed by atoms with Crippen molar-refractivity contribution < 1.29 is 18.8 Å². The maximum absolute atomic E-state index is 13.9. The Bertz CT molecular complexity index is 810. The number of hydrogen-bond acceptors (Lipinski definition) is 7. The van der Waals surface area contributed by atoms with Crippen LogP contribution in [-0.2, 0) is 21.0 Å². The van der Waals surface area contributed by atoms with Crippen LogP contribution >= 0.6 is 11.3 Å². The first-order valence-corrected chi connectivity index (χ1v) is 8.55. The molecule has 1 N–H and O–H groups in total. The van der Waals surface area contributed by atoms with Gasteiger partial charge in [0, 0.05) is 18.6 Å². The highest BCUT2D eigenvalue weighted by molar-refractivity contribution is 7.15. The van der Waals surface area contributed by atoms with Crippen LogP contribution in [0.2, 0.25) is 0 Å². The van der Waals surface area contributed by atoms with E-state index in [9.17, 15) is 9.18 Å². The van der Waals surface area contributed by atoms with Crippen molar-refractivity contribution in [3.05, 3.63) is 40.7 Å². The van der Waals surface area contributed by atoms with Gasteiger partial charge in [-0.2, -0.15) is 0 Å². The summed E-state index contributed by atoms with van der Waals surface area (Å²) in [7, 11) is 0. The van der Waals surface area contributed by atoms with Crippen LogP contribution in [0.15, 0.2) is 29.4 Å². The van der Waals surface area contributed by atoms with E-state index < -0.39 is 17.3 Å². The van der Waals surface area contributed by atoms with Gasteiger partial charge < -0.3 is 9.57 Å². The Morgan fingerprint density at radius 1 is 1.44 bits per heavy atom. The molecule has 0 spiro atoms. The summed E-state index contributed by atoms with van der Waals surface area (Å²) in [4.78, 5) is 17.8. The topological polar surface area (TPSA) is 85.7 Å². The first-order chi connectivity index (χ1) is 12.0. The lowest BCUT2D eigenvalue weighted by Crippen LogP contribution is -2.40. The minimum atomic E-state index is -1.23. The highest BCUT2D eigenvalue weighted by Crippen LogP contribution is 2.29. The van der Waals surface area contributed by atoms with E-state index in [1.807, 2.05) is 6.92 Å². The van der Waals surface area contributed by atoms with Gasteiger partial charge in [-0.05, 0) is 19.9 Å². The highest BCUT2D eigenvalue weighted by Gasteiger charge is 2.43. The fourth-order valence-electron chi connectivity index (χ4n) is 2.28. The number of halogens is 1. The number of rotatable bonds is 6. The molecule has 1 aromatic heterocycles. The first-order valence-electron chi connectivity index (χ1n) is 7.73. The van der Waals surface area contributed by atoms with Crippen LogP contribution in [0.25, 0.3) is 0 Å². The molecule has 2 aromatic rings. The summed E-state index contributed by atoms with van der Waals surface area (Å²) >= 11 is 1.23. The van der Waals surface area contributed by atoms with Crippen LogP contribution in [0.5, 0.6) is 0 Å². The molecular weight excluding hydrogens is 347 g/mol. The number of carbonyl (C=O) groups is 1. The van der Waals surface area contributed by atoms with Crippen molar-refractivity contribution in [2.24, 2.45) is 5.16 Å². The van der Waals surface area contributed by atoms with E-state index in [4.69, 9.17) is 9.57 Å². The van der Waals surface area contributed by atoms with Gasteiger partial charge in [0.2, 0.25) is 10.7 Å². The van der Waals surface area contributed by atoms with Crippen LogP contribution in [-0.4, -0.2) is 34.0 Å². The third-order valence-electron chi connectivity index (χ3n) is 3.64. The Morgan fingerprint density at radius 3 is 3.00 bits per heavy atom. The zero-order chi connectivity index (χ0) is 17.9. The average Bonchev–Trinajstić information content (AvgIpc) is 3.21. The fourth-order valence-corrected chi connectivity index (χ4v) is 2.95. The molecule has 0 bridgehead atoms. The summed E-state index contributed by atoms with van der Waals surface area (Å²) in [5.41, 5.74) is -0.511. The standard InChI is InChI=1S/C16H17FN4O3S/c1-3-23-9-13-19-20-15(25-13)18-14(22)16(2)8-12(21-24-16)10-6-4-5-7-11(10)17/h4-7H,3,8-9H2,1-2H3,(H,18,20,22)/t16-/m1/s1. The molecule has 9 heteroatoms. The maximum Gasteiger partial charge on any atom is 0.273 e. The predicted octanol–water partition coefficient (Wildman–Crippen LogP) is 2.74. The molecule has 1 atom stereocenters. The quantitative estimate of drug-likeness (QED) is 0.852. The van der Waals surface area contributed by atoms with Gasteiger partial charge in [0.15, 0.2) is 0 Å². The van der Waals surface area contributed by atoms with E-state index in [-0.39, 0.29) is 6.42 Å². The van der Waals surface area contributed by atoms with E-state index in [2.05, 4.69) is 20.7 Å². The van der Waals surface area contributed by atoms with Gasteiger partial charge in [-0.1, -0.05) is 34.7 Å². The van der Waals surface area contributed by atoms with E-state index in [1.165, 1.54) is 17.4 Å². The molecule has 0 saturated heterocycles. The van der Waals surface area contributed by atoms with Crippen LogP contribution in [0.3, 0.4) is 0 Å². The van der Waals surface area contributed by atoms with Crippen LogP contribution in [0.1, 0.15) is 30.8 Å². The van der Waals surface area contributed by atoms with Gasteiger partial charge in [0.25, 0.3) is 5.91 Å². The van der Waals surface area contributed by atoms with Gasteiger partial charge >= 0.3 is 0 Å². The van der Waals surface area contributed by atoms with E-state index >= 15 is 0 Å². The monoisotopic (exact) mass is 364 g/mol. The van der Waals surface area contributed by atoms with Gasteiger partial charge in [0.1, 0.15) is 17.4 Å². The second kappa shape index (κ2) is 7.24. The number of nitrogens with zero attached hydrogens (tertiary/aromatic N) is 3. The fraction of sp³-hybridized carbons (Fsp3) is 0.375. The van der Waals surface area contributed by atoms with Gasteiger partial charge in [0.05, 0.1) is 5.71 Å². The molecule has 1 amide bonds. The minimum absolute atomic E-state index is 0.157. The molecule has 0 unspecified atom stereocenters. The molecule has 25 heavy (non-hydrogen) atoms. The summed E-state index contributed by atoms with van der Waals surface area (Å²) in [6, 6.07) is 6.24. The van der Waals surface area contributed by atoms with E-state index in [1.54, 1.807) is 25.1 Å². The summed E-state index contributed by atoms with van der Waals surface area (Å²) in [6.45, 7) is 4.40. The largest absolute Gasteiger partial charge is 0.379 e. The lowest BCUT2D eigenvalue weighted by atomic mass is 9.95. The maximum atomic E-state index is 13.9. The van der Waals surface area contributed by atoms with Crippen LogP contribution < -0.4 is 5.32 Å². The molecule has 0 radical (unpaired) electrons. The van der Waals surface area contributed by atoms with Gasteiger partial charge in [-0.25, -0.2) is 4.39 Å². The van der Waals surface area contributed by atoms with Crippen molar-refractivity contribution in [1.82, 2.24) is 10.2 Å². The Labute approximate surface area is 147 Å². The van der Waals surface area contributed by atoms with E-state index in [0.717, 1.165) is 0 Å². The number of carbonyl (C=O) groups excluding carboxylic acids is 1. The number of oxime groups is 1. The second-order valence-corrected chi connectivity index (χ2v) is 6.67. The number of amides is 1. The summed E-state index contributed by atoms with van der Waals surface area (Å²) in [6.07, 6.45) is 0.157. The van der Waals surface area contributed by atoms with Crippen molar-refractivity contribution in [2.75, 3.05) is 11.9 Å². The number of hydrogen-bond donors (Lipinski definition) is 1. The normalized spacial score (nSPS) is 19.4. The van der Waals surface area contributed by atoms with Gasteiger partial charge in [-0.15, -0.1) is 10.2 Å². The van der Waals surface area contributed by atoms with Crippen molar-refractivity contribution in [1.29, 1.82) is 0 Å². The van der Waals surface area contributed by atoms with Crippen molar-refractivity contribution in [3.63, 3.8) is 0 Å². The molecule has 3 rings (SSSR count). The average molecular weight is 364 g/mol. The Morgan fingerprint density at radius 2 is 2.24 bits per heavy atom. The van der Waals surface area contributed by atoms with Crippen molar-refractivity contribution in [2.45, 2.75) is 32.5 Å². The first kappa shape index (κ1) is 17.4. The van der Waals surface area contributed by atoms with E-state index in [0.29, 0.717) is 34.6 Å². The lowest BCUT2D eigenvalue weighted by Gasteiger charge is -2.19. The Kier molecular flexibility index (Phi) is 5.05. The third kappa shape index (κ3) is 3.83. The Balaban J connectivity index is 1.65. The summed E-state index contributed by atoms with van der Waals surface area (Å²) < 4.78 is 19.1. The smallest absolute Gasteiger partial charge is 0.273 e.